The van der Waals surface area contributed by atoms with Gasteiger partial charge in [-0.2, -0.15) is 0 Å². The predicted octanol–water partition coefficient (Wildman–Crippen LogP) is 3.99. The number of hydrogen-bond acceptors (Lipinski definition) is 3. The molecule has 0 amide bonds. The van der Waals surface area contributed by atoms with Crippen LogP contribution < -0.4 is 5.32 Å². The highest BCUT2D eigenvalue weighted by Crippen LogP contribution is 2.43. The zero-order valence-corrected chi connectivity index (χ0v) is 12.3. The molecule has 0 unspecified atom stereocenters. The Bertz CT molecular complexity index is 422. The molecule has 1 aliphatic carbocycles. The van der Waals surface area contributed by atoms with Crippen LogP contribution in [0.2, 0.25) is 5.15 Å². The van der Waals surface area contributed by atoms with Gasteiger partial charge in [0.05, 0.1) is 0 Å². The van der Waals surface area contributed by atoms with Crippen LogP contribution in [0.5, 0.6) is 0 Å². The number of anilines is 1. The van der Waals surface area contributed by atoms with Gasteiger partial charge < -0.3 is 5.32 Å². The van der Waals surface area contributed by atoms with Gasteiger partial charge in [0.2, 0.25) is 0 Å². The molecule has 2 rings (SSSR count). The van der Waals surface area contributed by atoms with Gasteiger partial charge in [0.1, 0.15) is 16.8 Å². The second-order valence-electron chi connectivity index (χ2n) is 5.32. The van der Waals surface area contributed by atoms with E-state index in [0.29, 0.717) is 10.6 Å². The third kappa shape index (κ3) is 2.61. The summed E-state index contributed by atoms with van der Waals surface area (Å²) < 4.78 is 0. The fourth-order valence-electron chi connectivity index (χ4n) is 2.47. The maximum Gasteiger partial charge on any atom is 0.137 e. The maximum absolute atomic E-state index is 6.14. The molecule has 3 nitrogen and oxygen atoms in total. The first-order valence-electron chi connectivity index (χ1n) is 6.87. The van der Waals surface area contributed by atoms with Gasteiger partial charge in [0.25, 0.3) is 0 Å². The van der Waals surface area contributed by atoms with Crippen molar-refractivity contribution < 1.29 is 0 Å². The monoisotopic (exact) mass is 267 g/mol. The molecule has 0 spiro atoms. The quantitative estimate of drug-likeness (QED) is 0.820. The molecule has 4 heteroatoms. The van der Waals surface area contributed by atoms with Crippen LogP contribution in [0.15, 0.2) is 0 Å². The fraction of sp³-hybridized carbons (Fsp3) is 0.714. The molecule has 1 heterocycles. The Hall–Kier alpha value is -0.830. The third-order valence-electron chi connectivity index (χ3n) is 4.24. The molecule has 1 aromatic rings. The van der Waals surface area contributed by atoms with Crippen molar-refractivity contribution >= 4 is 17.4 Å². The SMILES string of the molecule is CCc1nc(Cl)c(C)c(NCC2(CC)CCC2)n1. The van der Waals surface area contributed by atoms with E-state index in [1.807, 2.05) is 13.8 Å². The first-order chi connectivity index (χ1) is 8.60. The van der Waals surface area contributed by atoms with Crippen LogP contribution in [0, 0.1) is 12.3 Å². The molecule has 0 radical (unpaired) electrons. The van der Waals surface area contributed by atoms with Crippen molar-refractivity contribution in [3.63, 3.8) is 0 Å². The van der Waals surface area contributed by atoms with Gasteiger partial charge in [-0.05, 0) is 31.6 Å². The zero-order valence-electron chi connectivity index (χ0n) is 11.5. The number of hydrogen-bond donors (Lipinski definition) is 1. The molecule has 1 saturated carbocycles. The van der Waals surface area contributed by atoms with E-state index in [1.54, 1.807) is 0 Å². The molecule has 18 heavy (non-hydrogen) atoms. The van der Waals surface area contributed by atoms with Crippen molar-refractivity contribution in [2.75, 3.05) is 11.9 Å². The lowest BCUT2D eigenvalue weighted by Crippen LogP contribution is -2.36. The minimum absolute atomic E-state index is 0.482. The van der Waals surface area contributed by atoms with Crippen LogP contribution in [-0.2, 0) is 6.42 Å². The Labute approximate surface area is 114 Å². The molecule has 0 aliphatic heterocycles. The Morgan fingerprint density at radius 2 is 2.00 bits per heavy atom. The van der Waals surface area contributed by atoms with Crippen molar-refractivity contribution in [2.45, 2.75) is 52.9 Å². The van der Waals surface area contributed by atoms with Crippen LogP contribution in [0.3, 0.4) is 0 Å². The molecular weight excluding hydrogens is 246 g/mol. The van der Waals surface area contributed by atoms with E-state index in [9.17, 15) is 0 Å². The fourth-order valence-corrected chi connectivity index (χ4v) is 2.65. The van der Waals surface area contributed by atoms with Gasteiger partial charge >= 0.3 is 0 Å². The third-order valence-corrected chi connectivity index (χ3v) is 4.61. The van der Waals surface area contributed by atoms with E-state index in [-0.39, 0.29) is 0 Å². The van der Waals surface area contributed by atoms with Crippen molar-refractivity contribution in [1.29, 1.82) is 0 Å². The molecule has 0 atom stereocenters. The molecule has 0 aromatic carbocycles. The van der Waals surface area contributed by atoms with Crippen molar-refractivity contribution in [2.24, 2.45) is 5.41 Å². The molecule has 0 bridgehead atoms. The van der Waals surface area contributed by atoms with Crippen LogP contribution in [0.4, 0.5) is 5.82 Å². The lowest BCUT2D eigenvalue weighted by molar-refractivity contribution is 0.145. The highest BCUT2D eigenvalue weighted by Gasteiger charge is 2.34. The topological polar surface area (TPSA) is 37.8 Å². The standard InChI is InChI=1S/C14H22ClN3/c1-4-11-17-12(15)10(3)13(18-11)16-9-14(5-2)7-6-8-14/h4-9H2,1-3H3,(H,16,17,18). The summed E-state index contributed by atoms with van der Waals surface area (Å²) in [6.07, 6.45) is 6.06. The molecule has 1 N–H and O–H groups in total. The number of halogens is 1. The van der Waals surface area contributed by atoms with Gasteiger partial charge in [-0.1, -0.05) is 31.9 Å². The Morgan fingerprint density at radius 1 is 1.28 bits per heavy atom. The smallest absolute Gasteiger partial charge is 0.137 e. The average molecular weight is 268 g/mol. The van der Waals surface area contributed by atoms with Gasteiger partial charge in [-0.15, -0.1) is 0 Å². The average Bonchev–Trinajstić information content (AvgIpc) is 2.33. The lowest BCUT2D eigenvalue weighted by atomic mass is 9.67. The highest BCUT2D eigenvalue weighted by atomic mass is 35.5. The van der Waals surface area contributed by atoms with E-state index in [0.717, 1.165) is 30.2 Å². The number of nitrogens with zero attached hydrogens (tertiary/aromatic N) is 2. The first-order valence-corrected chi connectivity index (χ1v) is 7.25. The molecular formula is C14H22ClN3. The van der Waals surface area contributed by atoms with Crippen LogP contribution in [-0.4, -0.2) is 16.5 Å². The first kappa shape index (κ1) is 13.6. The normalized spacial score (nSPS) is 17.3. The van der Waals surface area contributed by atoms with Crippen LogP contribution in [0.1, 0.15) is 50.9 Å². The van der Waals surface area contributed by atoms with E-state index < -0.39 is 0 Å². The summed E-state index contributed by atoms with van der Waals surface area (Å²) in [6, 6.07) is 0. The summed E-state index contributed by atoms with van der Waals surface area (Å²) in [7, 11) is 0. The van der Waals surface area contributed by atoms with E-state index in [1.165, 1.54) is 25.7 Å². The van der Waals surface area contributed by atoms with Crippen molar-refractivity contribution in [3.8, 4) is 0 Å². The summed E-state index contributed by atoms with van der Waals surface area (Å²) in [5.74, 6) is 1.72. The second-order valence-corrected chi connectivity index (χ2v) is 5.68. The van der Waals surface area contributed by atoms with Gasteiger partial charge in [0.15, 0.2) is 0 Å². The molecule has 1 aliphatic rings. The van der Waals surface area contributed by atoms with E-state index >= 15 is 0 Å². The Balaban J connectivity index is 2.11. The summed E-state index contributed by atoms with van der Waals surface area (Å²) in [5, 5.41) is 4.06. The maximum atomic E-state index is 6.14. The Morgan fingerprint density at radius 3 is 2.50 bits per heavy atom. The summed E-state index contributed by atoms with van der Waals surface area (Å²) in [5.41, 5.74) is 1.44. The Kier molecular flexibility index (Phi) is 4.10. The number of aryl methyl sites for hydroxylation is 1. The molecule has 100 valence electrons. The van der Waals surface area contributed by atoms with Gasteiger partial charge in [-0.3, -0.25) is 0 Å². The molecule has 0 saturated heterocycles. The van der Waals surface area contributed by atoms with Gasteiger partial charge in [-0.25, -0.2) is 9.97 Å². The van der Waals surface area contributed by atoms with Crippen LogP contribution in [0.25, 0.3) is 0 Å². The number of nitrogens with one attached hydrogen (secondary N) is 1. The number of rotatable bonds is 5. The van der Waals surface area contributed by atoms with Gasteiger partial charge in [0, 0.05) is 18.5 Å². The zero-order chi connectivity index (χ0) is 13.2. The summed E-state index contributed by atoms with van der Waals surface area (Å²) in [4.78, 5) is 8.81. The highest BCUT2D eigenvalue weighted by molar-refractivity contribution is 6.30. The van der Waals surface area contributed by atoms with E-state index in [2.05, 4.69) is 22.2 Å². The minimum atomic E-state index is 0.482. The predicted molar refractivity (Wildman–Crippen MR) is 76.2 cm³/mol. The lowest BCUT2D eigenvalue weighted by Gasteiger charge is -2.41. The number of aromatic nitrogens is 2. The van der Waals surface area contributed by atoms with Crippen molar-refractivity contribution in [1.82, 2.24) is 9.97 Å². The molecule has 1 fully saturated rings. The second kappa shape index (κ2) is 5.43. The molecule has 1 aromatic heterocycles. The summed E-state index contributed by atoms with van der Waals surface area (Å²) >= 11 is 6.14. The minimum Gasteiger partial charge on any atom is -0.369 e. The largest absolute Gasteiger partial charge is 0.369 e. The van der Waals surface area contributed by atoms with Crippen molar-refractivity contribution in [3.05, 3.63) is 16.5 Å². The van der Waals surface area contributed by atoms with Crippen LogP contribution >= 0.6 is 11.6 Å². The summed E-state index contributed by atoms with van der Waals surface area (Å²) in [6.45, 7) is 7.30. The van der Waals surface area contributed by atoms with E-state index in [4.69, 9.17) is 11.6 Å².